The molecule has 0 heterocycles. The lowest BCUT2D eigenvalue weighted by atomic mass is 9.54. The summed E-state index contributed by atoms with van der Waals surface area (Å²) in [6.45, 7) is 1.44. The highest BCUT2D eigenvalue weighted by molar-refractivity contribution is 6.25. The van der Waals surface area contributed by atoms with Crippen molar-refractivity contribution >= 4 is 34.7 Å². The maximum Gasteiger partial charge on any atom is 0.230 e. The first-order valence-electron chi connectivity index (χ1n) is 13.7. The Bertz CT molecular complexity index is 1560. The fourth-order valence-electron chi connectivity index (χ4n) is 7.16. The van der Waals surface area contributed by atoms with Crippen molar-refractivity contribution in [3.63, 3.8) is 0 Å². The number of phenolic OH excluding ortho intramolecular Hbond substituents is 1. The lowest BCUT2D eigenvalue weighted by Crippen LogP contribution is -2.73. The Morgan fingerprint density at radius 3 is 2.19 bits per heavy atom. The number of phenols is 1. The van der Waals surface area contributed by atoms with Crippen LogP contribution in [-0.4, -0.2) is 94.5 Å². The number of ketones is 3. The maximum absolute atomic E-state index is 14.1. The van der Waals surface area contributed by atoms with Gasteiger partial charge in [0.2, 0.25) is 11.7 Å². The third-order valence-corrected chi connectivity index (χ3v) is 9.15. The number of benzene rings is 2. The minimum absolute atomic E-state index is 0.00685. The van der Waals surface area contributed by atoms with E-state index in [9.17, 15) is 39.6 Å². The summed E-state index contributed by atoms with van der Waals surface area (Å²) in [7, 11) is 6.83. The molecule has 0 spiro atoms. The number of hydrogen-bond donors (Lipinski definition) is 5. The number of primary amides is 1. The third kappa shape index (κ3) is 4.06. The van der Waals surface area contributed by atoms with E-state index in [1.165, 1.54) is 6.92 Å². The fourth-order valence-corrected chi connectivity index (χ4v) is 7.16. The minimum atomic E-state index is -2.72. The van der Waals surface area contributed by atoms with E-state index in [2.05, 4.69) is 0 Å². The Morgan fingerprint density at radius 1 is 1.05 bits per heavy atom. The van der Waals surface area contributed by atoms with Gasteiger partial charge in [0.25, 0.3) is 0 Å². The monoisotopic (exact) mass is 577 g/mol. The van der Waals surface area contributed by atoms with Crippen molar-refractivity contribution in [1.82, 2.24) is 4.90 Å². The largest absolute Gasteiger partial charge is 0.507 e. The Kier molecular flexibility index (Phi) is 7.04. The second kappa shape index (κ2) is 10.0. The molecule has 5 rings (SSSR count). The number of nitrogens with two attached hydrogens (primary N) is 1. The number of aliphatic hydroxyl groups is 3. The predicted octanol–water partition coefficient (Wildman–Crippen LogP) is 1.06. The Balaban J connectivity index is 1.72. The van der Waals surface area contributed by atoms with Gasteiger partial charge >= 0.3 is 0 Å². The SMILES string of the molecule is CC(=O)c1ccc(-c2cc(N(C)C)c3c(c2O)C(O)=C2C(=O)[C@@]4(O)C(=O)C(C(N)=O)C(O)[C@H](N(C)C)[C@H]4C[C@H]2C3)cc1. The number of aromatic hydroxyl groups is 1. The molecule has 2 aromatic carbocycles. The molecule has 42 heavy (non-hydrogen) atoms. The van der Waals surface area contributed by atoms with Gasteiger partial charge in [-0.1, -0.05) is 24.3 Å². The Morgan fingerprint density at radius 2 is 1.67 bits per heavy atom. The molecule has 222 valence electrons. The zero-order valence-corrected chi connectivity index (χ0v) is 24.1. The molecule has 2 saturated carbocycles. The summed E-state index contributed by atoms with van der Waals surface area (Å²) >= 11 is 0. The van der Waals surface area contributed by atoms with Crippen LogP contribution in [0.4, 0.5) is 5.69 Å². The smallest absolute Gasteiger partial charge is 0.230 e. The molecule has 0 aromatic heterocycles. The number of carbonyl (C=O) groups excluding carboxylic acids is 4. The number of Topliss-reactive ketones (excluding diaryl/α,β-unsaturated/α-hetero) is 3. The molecule has 11 nitrogen and oxygen atoms in total. The van der Waals surface area contributed by atoms with Gasteiger partial charge in [-0.05, 0) is 57.0 Å². The van der Waals surface area contributed by atoms with Crippen LogP contribution in [0.15, 0.2) is 35.9 Å². The zero-order valence-electron chi connectivity index (χ0n) is 24.1. The first-order valence-corrected chi connectivity index (χ1v) is 13.7. The van der Waals surface area contributed by atoms with Crippen LogP contribution in [0.5, 0.6) is 5.75 Å². The normalized spacial score (nSPS) is 28.7. The van der Waals surface area contributed by atoms with Crippen molar-refractivity contribution in [1.29, 1.82) is 0 Å². The highest BCUT2D eigenvalue weighted by Gasteiger charge is 2.67. The number of nitrogens with zero attached hydrogens (tertiary/aromatic N) is 2. The summed E-state index contributed by atoms with van der Waals surface area (Å²) in [4.78, 5) is 55.0. The van der Waals surface area contributed by atoms with Gasteiger partial charge in [0, 0.05) is 48.4 Å². The molecule has 0 saturated heterocycles. The molecule has 6 N–H and O–H groups in total. The number of anilines is 1. The predicted molar refractivity (Wildman–Crippen MR) is 154 cm³/mol. The van der Waals surface area contributed by atoms with E-state index >= 15 is 0 Å². The molecule has 2 fully saturated rings. The van der Waals surface area contributed by atoms with Crippen molar-refractivity contribution in [2.24, 2.45) is 23.5 Å². The topological polar surface area (TPSA) is 182 Å². The van der Waals surface area contributed by atoms with E-state index in [-0.39, 0.29) is 35.5 Å². The molecule has 3 aliphatic rings. The van der Waals surface area contributed by atoms with E-state index in [4.69, 9.17) is 5.73 Å². The average molecular weight is 578 g/mol. The molecule has 11 heteroatoms. The van der Waals surface area contributed by atoms with Gasteiger partial charge < -0.3 is 36.0 Å². The second-order valence-corrected chi connectivity index (χ2v) is 12.0. The van der Waals surface area contributed by atoms with E-state index in [0.717, 1.165) is 0 Å². The first kappa shape index (κ1) is 29.4. The van der Waals surface area contributed by atoms with Crippen molar-refractivity contribution in [3.8, 4) is 16.9 Å². The van der Waals surface area contributed by atoms with E-state index in [1.807, 2.05) is 4.90 Å². The summed E-state index contributed by atoms with van der Waals surface area (Å²) in [6, 6.07) is 7.40. The highest BCUT2D eigenvalue weighted by atomic mass is 16.3. The average Bonchev–Trinajstić information content (AvgIpc) is 2.90. The zero-order chi connectivity index (χ0) is 31.0. The van der Waals surface area contributed by atoms with E-state index in [0.29, 0.717) is 27.9 Å². The molecule has 0 radical (unpaired) electrons. The van der Waals surface area contributed by atoms with Crippen LogP contribution in [0.3, 0.4) is 0 Å². The van der Waals surface area contributed by atoms with E-state index in [1.54, 1.807) is 63.4 Å². The lowest BCUT2D eigenvalue weighted by Gasteiger charge is -2.53. The minimum Gasteiger partial charge on any atom is -0.507 e. The van der Waals surface area contributed by atoms with Gasteiger partial charge in [-0.15, -0.1) is 0 Å². The lowest BCUT2D eigenvalue weighted by molar-refractivity contribution is -0.184. The Hall–Kier alpha value is -4.06. The molecule has 0 bridgehead atoms. The number of fused-ring (bicyclic) bond motifs is 3. The summed E-state index contributed by atoms with van der Waals surface area (Å²) in [5, 5.41) is 46.0. The van der Waals surface area contributed by atoms with Crippen LogP contribution < -0.4 is 10.6 Å². The first-order chi connectivity index (χ1) is 19.6. The van der Waals surface area contributed by atoms with Gasteiger partial charge in [-0.25, -0.2) is 0 Å². The summed E-state index contributed by atoms with van der Waals surface area (Å²) in [5.74, 6) is -7.97. The highest BCUT2D eigenvalue weighted by Crippen LogP contribution is 2.54. The van der Waals surface area contributed by atoms with Crippen molar-refractivity contribution in [2.45, 2.75) is 37.5 Å². The number of hydrogen-bond acceptors (Lipinski definition) is 10. The van der Waals surface area contributed by atoms with Crippen molar-refractivity contribution < 1.29 is 39.6 Å². The number of amides is 1. The van der Waals surface area contributed by atoms with Crippen LogP contribution in [0.25, 0.3) is 16.9 Å². The van der Waals surface area contributed by atoms with Crippen LogP contribution >= 0.6 is 0 Å². The maximum atomic E-state index is 14.1. The Labute approximate surface area is 242 Å². The van der Waals surface area contributed by atoms with Gasteiger partial charge in [-0.2, -0.15) is 0 Å². The standard InChI is InChI=1S/C31H35N3O8/c1-13(35)14-6-8-15(9-7-14)17-12-20(33(2)3)18-10-16-11-19-24(34(4)5)27(38)23(30(32)41)29(40)31(19,42)28(39)21(16)26(37)22(18)25(17)36/h6-9,12,16,19,23-24,27,36-38,42H,10-11H2,1-5H3,(H2,32,41)/t16-,19-,23?,24-,27?,31-/m1/s1. The van der Waals surface area contributed by atoms with Gasteiger partial charge in [-0.3, -0.25) is 19.2 Å². The van der Waals surface area contributed by atoms with Gasteiger partial charge in [0.1, 0.15) is 17.4 Å². The van der Waals surface area contributed by atoms with Gasteiger partial charge in [0.15, 0.2) is 17.2 Å². The number of aliphatic hydroxyl groups excluding tert-OH is 2. The number of likely N-dealkylation sites (N-methyl/N-ethyl adjacent to an activating group) is 1. The van der Waals surface area contributed by atoms with Crippen LogP contribution in [0, 0.1) is 17.8 Å². The summed E-state index contributed by atoms with van der Waals surface area (Å²) in [5.41, 5.74) is 5.16. The van der Waals surface area contributed by atoms with Crippen LogP contribution in [-0.2, 0) is 20.8 Å². The molecule has 3 aliphatic carbocycles. The molecular formula is C31H35N3O8. The molecule has 2 aromatic rings. The molecule has 6 atom stereocenters. The summed E-state index contributed by atoms with van der Waals surface area (Å²) < 4.78 is 0. The third-order valence-electron chi connectivity index (χ3n) is 9.15. The molecular weight excluding hydrogens is 542 g/mol. The van der Waals surface area contributed by atoms with Gasteiger partial charge in [0.05, 0.1) is 11.7 Å². The van der Waals surface area contributed by atoms with Crippen molar-refractivity contribution in [2.75, 3.05) is 33.1 Å². The van der Waals surface area contributed by atoms with E-state index < -0.39 is 58.7 Å². The summed E-state index contributed by atoms with van der Waals surface area (Å²) in [6.07, 6.45) is -1.31. The fraction of sp³-hybridized carbons (Fsp3) is 0.419. The quantitative estimate of drug-likeness (QED) is 0.255. The number of rotatable bonds is 5. The molecule has 2 unspecified atom stereocenters. The molecule has 1 amide bonds. The van der Waals surface area contributed by atoms with Crippen molar-refractivity contribution in [3.05, 3.63) is 52.6 Å². The molecule has 0 aliphatic heterocycles. The number of carbonyl (C=O) groups is 4. The van der Waals surface area contributed by atoms with Crippen LogP contribution in [0.2, 0.25) is 0 Å². The van der Waals surface area contributed by atoms with Crippen LogP contribution in [0.1, 0.15) is 34.8 Å². The second-order valence-electron chi connectivity index (χ2n) is 12.0.